The fourth-order valence-electron chi connectivity index (χ4n) is 8.66. The van der Waals surface area contributed by atoms with Crippen LogP contribution in [0.3, 0.4) is 0 Å². The van der Waals surface area contributed by atoms with Crippen LogP contribution < -0.4 is 14.4 Å². The summed E-state index contributed by atoms with van der Waals surface area (Å²) in [5.74, 6) is 0.510. The molecular formula is C50H31F4NO2. The fraction of sp³-hybridized carbons (Fsp3) is 0.0400. The predicted octanol–water partition coefficient (Wildman–Crippen LogP) is 14.0. The Kier molecular flexibility index (Phi) is 8.01. The Balaban J connectivity index is 1.29. The minimum atomic E-state index is -4.92. The van der Waals surface area contributed by atoms with Crippen LogP contribution in [0, 0.1) is 5.82 Å². The number of benzene rings is 8. The number of rotatable bonds is 6. The number of hydrogen-bond donors (Lipinski definition) is 0. The smallest absolute Gasteiger partial charge is 0.453 e. The van der Waals surface area contributed by atoms with E-state index in [0.717, 1.165) is 61.6 Å². The highest BCUT2D eigenvalue weighted by atomic mass is 19.4. The molecule has 0 radical (unpaired) electrons. The standard InChI is InChI=1S/C50H31F4NO2/c51-37-18-9-16-35(29-37)49(36-17-10-19-39(30-36)57-50(52,53)54)42-21-11-20-40(34-15-8-14-33(28-34)32-12-2-1-3-13-32)48(42)41-27-26-38(31-43(41)49)55-44-22-4-6-24-46(44)56-47-25-7-5-23-45(47)55/h1-31H. The number of halogens is 4. The summed E-state index contributed by atoms with van der Waals surface area (Å²) in [5.41, 5.74) is 9.55. The third kappa shape index (κ3) is 5.73. The molecule has 1 unspecified atom stereocenters. The van der Waals surface area contributed by atoms with Crippen LogP contribution in [0.25, 0.3) is 33.4 Å². The van der Waals surface area contributed by atoms with E-state index in [1.807, 2.05) is 91.0 Å². The lowest BCUT2D eigenvalue weighted by Gasteiger charge is -2.36. The maximum atomic E-state index is 15.6. The fourth-order valence-corrected chi connectivity index (χ4v) is 8.66. The first-order chi connectivity index (χ1) is 27.8. The van der Waals surface area contributed by atoms with Gasteiger partial charge in [0.2, 0.25) is 0 Å². The second kappa shape index (κ2) is 13.3. The molecule has 0 N–H and O–H groups in total. The van der Waals surface area contributed by atoms with Gasteiger partial charge in [-0.2, -0.15) is 0 Å². The van der Waals surface area contributed by atoms with Crippen molar-refractivity contribution in [3.8, 4) is 50.6 Å². The summed E-state index contributed by atoms with van der Waals surface area (Å²) in [5, 5.41) is 0. The van der Waals surface area contributed by atoms with Gasteiger partial charge in [0.15, 0.2) is 11.5 Å². The minimum Gasteiger partial charge on any atom is -0.453 e. The van der Waals surface area contributed by atoms with Gasteiger partial charge in [0.05, 0.1) is 16.8 Å². The summed E-state index contributed by atoms with van der Waals surface area (Å²) in [7, 11) is 0. The molecule has 8 aromatic rings. The van der Waals surface area contributed by atoms with Crippen molar-refractivity contribution in [1.29, 1.82) is 0 Å². The zero-order chi connectivity index (χ0) is 38.7. The van der Waals surface area contributed by atoms with Crippen LogP contribution in [0.4, 0.5) is 34.6 Å². The lowest BCUT2D eigenvalue weighted by atomic mass is 9.67. The van der Waals surface area contributed by atoms with E-state index in [1.54, 1.807) is 18.2 Å². The Bertz CT molecular complexity index is 2790. The zero-order valence-electron chi connectivity index (χ0n) is 30.2. The summed E-state index contributed by atoms with van der Waals surface area (Å²) in [6.45, 7) is 0. The second-order valence-electron chi connectivity index (χ2n) is 14.1. The first-order valence-electron chi connectivity index (χ1n) is 18.5. The molecule has 0 spiro atoms. The van der Waals surface area contributed by atoms with Crippen LogP contribution in [0.5, 0.6) is 17.2 Å². The van der Waals surface area contributed by atoms with Gasteiger partial charge in [0, 0.05) is 5.69 Å². The highest BCUT2D eigenvalue weighted by Crippen LogP contribution is 2.60. The summed E-state index contributed by atoms with van der Waals surface area (Å²) in [6, 6.07) is 58.7. The molecule has 0 aromatic heterocycles. The molecule has 7 heteroatoms. The molecular weight excluding hydrogens is 723 g/mol. The Morgan fingerprint density at radius 3 is 1.86 bits per heavy atom. The number of anilines is 3. The highest BCUT2D eigenvalue weighted by Gasteiger charge is 2.48. The molecule has 0 fully saturated rings. The van der Waals surface area contributed by atoms with Crippen LogP contribution in [-0.4, -0.2) is 6.36 Å². The third-order valence-corrected chi connectivity index (χ3v) is 10.9. The van der Waals surface area contributed by atoms with Gasteiger partial charge in [-0.05, 0) is 122 Å². The van der Waals surface area contributed by atoms with Crippen molar-refractivity contribution in [3.05, 3.63) is 216 Å². The number of alkyl halides is 3. The van der Waals surface area contributed by atoms with Crippen LogP contribution in [-0.2, 0) is 5.41 Å². The summed E-state index contributed by atoms with van der Waals surface area (Å²) < 4.78 is 67.9. The number of hydrogen-bond acceptors (Lipinski definition) is 3. The normalized spacial score (nSPS) is 15.2. The molecule has 0 saturated carbocycles. The molecule has 2 aliphatic rings. The largest absolute Gasteiger partial charge is 0.573 e. The van der Waals surface area contributed by atoms with Crippen LogP contribution in [0.15, 0.2) is 188 Å². The minimum absolute atomic E-state index is 0.371. The SMILES string of the molecule is Fc1cccc(C2(c3cccc(OC(F)(F)F)c3)c3cc(N4c5ccccc5Oc5ccccc54)ccc3-c3c(-c4cccc(-c5ccccc5)c4)cccc32)c1. The van der Waals surface area contributed by atoms with Gasteiger partial charge in [0.1, 0.15) is 11.6 Å². The van der Waals surface area contributed by atoms with Crippen molar-refractivity contribution in [1.82, 2.24) is 0 Å². The maximum absolute atomic E-state index is 15.6. The lowest BCUT2D eigenvalue weighted by molar-refractivity contribution is -0.274. The van der Waals surface area contributed by atoms with Crippen molar-refractivity contribution < 1.29 is 27.0 Å². The van der Waals surface area contributed by atoms with E-state index >= 15 is 4.39 Å². The predicted molar refractivity (Wildman–Crippen MR) is 216 cm³/mol. The molecule has 276 valence electrons. The first kappa shape index (κ1) is 34.4. The first-order valence-corrected chi connectivity index (χ1v) is 18.5. The Morgan fingerprint density at radius 2 is 1.12 bits per heavy atom. The molecule has 3 nitrogen and oxygen atoms in total. The quantitative estimate of drug-likeness (QED) is 0.158. The van der Waals surface area contributed by atoms with Gasteiger partial charge in [-0.1, -0.05) is 121 Å². The maximum Gasteiger partial charge on any atom is 0.573 e. The number of nitrogens with zero attached hydrogens (tertiary/aromatic N) is 1. The highest BCUT2D eigenvalue weighted by molar-refractivity contribution is 5.98. The zero-order valence-corrected chi connectivity index (χ0v) is 30.2. The summed E-state index contributed by atoms with van der Waals surface area (Å²) in [6.07, 6.45) is -4.92. The number of fused-ring (bicyclic) bond motifs is 5. The van der Waals surface area contributed by atoms with Gasteiger partial charge < -0.3 is 14.4 Å². The molecule has 0 bridgehead atoms. The van der Waals surface area contributed by atoms with E-state index in [0.29, 0.717) is 22.6 Å². The van der Waals surface area contributed by atoms with Crippen molar-refractivity contribution in [2.75, 3.05) is 4.90 Å². The van der Waals surface area contributed by atoms with Gasteiger partial charge in [-0.25, -0.2) is 4.39 Å². The van der Waals surface area contributed by atoms with Gasteiger partial charge in [-0.15, -0.1) is 13.2 Å². The summed E-state index contributed by atoms with van der Waals surface area (Å²) >= 11 is 0. The molecule has 10 rings (SSSR count). The number of para-hydroxylation sites is 4. The van der Waals surface area contributed by atoms with Crippen LogP contribution in [0.1, 0.15) is 22.3 Å². The molecule has 0 saturated heterocycles. The molecule has 1 heterocycles. The van der Waals surface area contributed by atoms with E-state index in [-0.39, 0.29) is 5.75 Å². The van der Waals surface area contributed by atoms with Crippen LogP contribution >= 0.6 is 0 Å². The van der Waals surface area contributed by atoms with E-state index in [4.69, 9.17) is 4.74 Å². The average Bonchev–Trinajstić information content (AvgIpc) is 3.53. The monoisotopic (exact) mass is 753 g/mol. The molecule has 0 amide bonds. The van der Waals surface area contributed by atoms with E-state index in [2.05, 4.69) is 64.2 Å². The van der Waals surface area contributed by atoms with Crippen molar-refractivity contribution in [2.24, 2.45) is 0 Å². The molecule has 57 heavy (non-hydrogen) atoms. The van der Waals surface area contributed by atoms with Crippen molar-refractivity contribution in [3.63, 3.8) is 0 Å². The van der Waals surface area contributed by atoms with E-state index in [9.17, 15) is 13.2 Å². The van der Waals surface area contributed by atoms with E-state index in [1.165, 1.54) is 24.3 Å². The van der Waals surface area contributed by atoms with Gasteiger partial charge >= 0.3 is 6.36 Å². The third-order valence-electron chi connectivity index (χ3n) is 10.9. The van der Waals surface area contributed by atoms with E-state index < -0.39 is 17.6 Å². The van der Waals surface area contributed by atoms with Crippen molar-refractivity contribution in [2.45, 2.75) is 11.8 Å². The molecule has 1 atom stereocenters. The topological polar surface area (TPSA) is 21.7 Å². The second-order valence-corrected chi connectivity index (χ2v) is 14.1. The Morgan fingerprint density at radius 1 is 0.491 bits per heavy atom. The molecule has 8 aromatic carbocycles. The summed E-state index contributed by atoms with van der Waals surface area (Å²) in [4.78, 5) is 2.13. The van der Waals surface area contributed by atoms with Gasteiger partial charge in [-0.3, -0.25) is 0 Å². The number of ether oxygens (including phenoxy) is 2. The molecule has 1 aliphatic heterocycles. The Labute approximate surface area is 326 Å². The van der Waals surface area contributed by atoms with Gasteiger partial charge in [0.25, 0.3) is 0 Å². The van der Waals surface area contributed by atoms with Crippen LogP contribution in [0.2, 0.25) is 0 Å². The molecule has 1 aliphatic carbocycles. The average molecular weight is 754 g/mol. The Hall–Kier alpha value is -7.12. The van der Waals surface area contributed by atoms with Crippen molar-refractivity contribution >= 4 is 17.1 Å². The lowest BCUT2D eigenvalue weighted by Crippen LogP contribution is -2.29.